The van der Waals surface area contributed by atoms with Gasteiger partial charge in [0.25, 0.3) is 0 Å². The van der Waals surface area contributed by atoms with Crippen molar-refractivity contribution in [1.29, 1.82) is 0 Å². The van der Waals surface area contributed by atoms with Crippen LogP contribution in [0.2, 0.25) is 0 Å². The van der Waals surface area contributed by atoms with Gasteiger partial charge in [-0.25, -0.2) is 13.2 Å². The number of esters is 1. The van der Waals surface area contributed by atoms with E-state index in [-0.39, 0.29) is 28.5 Å². The number of carbonyl (C=O) groups excluding carboxylic acids is 3. The van der Waals surface area contributed by atoms with Crippen LogP contribution in [0.5, 0.6) is 0 Å². The Morgan fingerprint density at radius 3 is 2.30 bits per heavy atom. The van der Waals surface area contributed by atoms with Gasteiger partial charge in [0, 0.05) is 11.3 Å². The Hall–Kier alpha value is -3.22. The molecule has 1 heterocycles. The van der Waals surface area contributed by atoms with Crippen molar-refractivity contribution in [1.82, 2.24) is 9.71 Å². The number of ketones is 2. The van der Waals surface area contributed by atoms with Gasteiger partial charge in [-0.2, -0.15) is 4.72 Å². The van der Waals surface area contributed by atoms with Gasteiger partial charge in [-0.1, -0.05) is 5.92 Å². The molecule has 0 amide bonds. The highest BCUT2D eigenvalue weighted by atomic mass is 32.2. The molecule has 2 N–H and O–H groups in total. The fourth-order valence-electron chi connectivity index (χ4n) is 3.00. The molecule has 0 radical (unpaired) electrons. The number of sulfonamides is 1. The molecule has 0 aliphatic rings. The summed E-state index contributed by atoms with van der Waals surface area (Å²) in [5, 5.41) is 0. The van der Waals surface area contributed by atoms with E-state index in [1.807, 2.05) is 0 Å². The van der Waals surface area contributed by atoms with Crippen molar-refractivity contribution in [3.8, 4) is 12.3 Å². The van der Waals surface area contributed by atoms with Gasteiger partial charge in [0.2, 0.25) is 15.8 Å². The van der Waals surface area contributed by atoms with E-state index in [9.17, 15) is 22.8 Å². The summed E-state index contributed by atoms with van der Waals surface area (Å²) in [6.07, 6.45) is 3.92. The van der Waals surface area contributed by atoms with Crippen LogP contribution in [-0.2, 0) is 14.8 Å². The Balaban J connectivity index is 2.14. The highest BCUT2D eigenvalue weighted by Gasteiger charge is 2.26. The Labute approximate surface area is 175 Å². The average Bonchev–Trinajstić information content (AvgIpc) is 2.99. The molecule has 30 heavy (non-hydrogen) atoms. The Kier molecular flexibility index (Phi) is 6.97. The molecule has 1 unspecified atom stereocenters. The molecule has 2 aromatic rings. The van der Waals surface area contributed by atoms with Crippen molar-refractivity contribution in [2.75, 3.05) is 6.54 Å². The van der Waals surface area contributed by atoms with Crippen LogP contribution < -0.4 is 4.72 Å². The maximum atomic E-state index is 12.7. The monoisotopic (exact) mass is 430 g/mol. The molecule has 0 fully saturated rings. The van der Waals surface area contributed by atoms with Crippen LogP contribution >= 0.6 is 0 Å². The highest BCUT2D eigenvalue weighted by molar-refractivity contribution is 7.89. The number of terminal acetylenes is 1. The van der Waals surface area contributed by atoms with Crippen LogP contribution in [0.4, 0.5) is 0 Å². The number of Topliss-reactive ketones (excluding diaryl/α,β-unsaturated/α-hetero) is 2. The predicted octanol–water partition coefficient (Wildman–Crippen LogP) is 2.17. The van der Waals surface area contributed by atoms with Crippen molar-refractivity contribution < 1.29 is 27.5 Å². The molecule has 158 valence electrons. The number of aromatic amines is 1. The Morgan fingerprint density at radius 2 is 1.80 bits per heavy atom. The third kappa shape index (κ3) is 4.84. The number of hydrogen-bond acceptors (Lipinski definition) is 6. The Bertz CT molecular complexity index is 1140. The van der Waals surface area contributed by atoms with E-state index in [4.69, 9.17) is 11.2 Å². The van der Waals surface area contributed by atoms with Gasteiger partial charge >= 0.3 is 5.97 Å². The number of carbonyl (C=O) groups is 3. The number of nitrogens with one attached hydrogen (secondary N) is 2. The lowest BCUT2D eigenvalue weighted by Crippen LogP contribution is -2.26. The van der Waals surface area contributed by atoms with Crippen LogP contribution in [0.25, 0.3) is 0 Å². The van der Waals surface area contributed by atoms with Crippen LogP contribution in [-0.4, -0.2) is 43.6 Å². The first kappa shape index (κ1) is 23.1. The SMILES string of the molecule is C#CCNS(=O)(=O)c1ccc(C(=O)OC(C)C(=O)c2[nH]c(C)c(C(C)=O)c2C)cc1. The fraction of sp³-hybridized carbons (Fsp3) is 0.286. The molecule has 0 aliphatic heterocycles. The molecule has 0 bridgehead atoms. The van der Waals surface area contributed by atoms with E-state index in [0.717, 1.165) is 0 Å². The molecule has 9 heteroatoms. The number of rotatable bonds is 8. The van der Waals surface area contributed by atoms with Crippen molar-refractivity contribution >= 4 is 27.6 Å². The number of H-pyrrole nitrogens is 1. The topological polar surface area (TPSA) is 122 Å². The average molecular weight is 430 g/mol. The highest BCUT2D eigenvalue weighted by Crippen LogP contribution is 2.21. The second kappa shape index (κ2) is 9.07. The molecule has 0 saturated heterocycles. The van der Waals surface area contributed by atoms with Crippen LogP contribution in [0.3, 0.4) is 0 Å². The summed E-state index contributed by atoms with van der Waals surface area (Å²) in [6, 6.07) is 5.03. The number of ether oxygens (including phenoxy) is 1. The molecular weight excluding hydrogens is 408 g/mol. The summed E-state index contributed by atoms with van der Waals surface area (Å²) < 4.78 is 31.5. The summed E-state index contributed by atoms with van der Waals surface area (Å²) in [5.41, 5.74) is 1.79. The third-order valence-electron chi connectivity index (χ3n) is 4.45. The lowest BCUT2D eigenvalue weighted by atomic mass is 10.0. The first-order valence-electron chi connectivity index (χ1n) is 8.98. The smallest absolute Gasteiger partial charge is 0.338 e. The van der Waals surface area contributed by atoms with Crippen molar-refractivity contribution in [3.63, 3.8) is 0 Å². The van der Waals surface area contributed by atoms with Gasteiger partial charge in [0.1, 0.15) is 0 Å². The predicted molar refractivity (Wildman–Crippen MR) is 110 cm³/mol. The normalized spacial score (nSPS) is 12.1. The molecule has 8 nitrogen and oxygen atoms in total. The quantitative estimate of drug-likeness (QED) is 0.376. The van der Waals surface area contributed by atoms with Crippen LogP contribution in [0, 0.1) is 26.2 Å². The summed E-state index contributed by atoms with van der Waals surface area (Å²) in [5.74, 6) is 0.731. The van der Waals surface area contributed by atoms with Crippen LogP contribution in [0.15, 0.2) is 29.2 Å². The van der Waals surface area contributed by atoms with Crippen molar-refractivity contribution in [2.24, 2.45) is 0 Å². The van der Waals surface area contributed by atoms with Crippen molar-refractivity contribution in [3.05, 3.63) is 52.3 Å². The van der Waals surface area contributed by atoms with E-state index in [1.54, 1.807) is 13.8 Å². The minimum absolute atomic E-state index is 0.0623. The minimum atomic E-state index is -3.78. The Morgan fingerprint density at radius 1 is 1.20 bits per heavy atom. The third-order valence-corrected chi connectivity index (χ3v) is 5.87. The maximum absolute atomic E-state index is 12.7. The first-order valence-corrected chi connectivity index (χ1v) is 10.5. The number of aryl methyl sites for hydroxylation is 1. The number of benzene rings is 1. The minimum Gasteiger partial charge on any atom is -0.451 e. The largest absolute Gasteiger partial charge is 0.451 e. The summed E-state index contributed by atoms with van der Waals surface area (Å²) in [6.45, 7) is 6.01. The molecule has 0 spiro atoms. The second-order valence-electron chi connectivity index (χ2n) is 6.65. The fourth-order valence-corrected chi connectivity index (χ4v) is 3.93. The van der Waals surface area contributed by atoms with Gasteiger partial charge in [0.15, 0.2) is 11.9 Å². The summed E-state index contributed by atoms with van der Waals surface area (Å²) in [7, 11) is -3.78. The van der Waals surface area contributed by atoms with Gasteiger partial charge in [-0.15, -0.1) is 6.42 Å². The van der Waals surface area contributed by atoms with Crippen LogP contribution in [0.1, 0.15) is 56.3 Å². The zero-order valence-electron chi connectivity index (χ0n) is 17.0. The summed E-state index contributed by atoms with van der Waals surface area (Å²) >= 11 is 0. The van der Waals surface area contributed by atoms with Gasteiger partial charge in [-0.05, 0) is 57.5 Å². The van der Waals surface area contributed by atoms with E-state index in [1.165, 1.54) is 38.1 Å². The molecule has 2 rings (SSSR count). The molecule has 1 aromatic carbocycles. The van der Waals surface area contributed by atoms with Gasteiger partial charge in [-0.3, -0.25) is 9.59 Å². The lowest BCUT2D eigenvalue weighted by Gasteiger charge is -2.12. The number of aromatic nitrogens is 1. The standard InChI is InChI=1S/C21H22N2O6S/c1-6-11-22-30(27,28)17-9-7-16(8-10-17)21(26)29-15(5)20(25)19-12(2)18(14(4)24)13(3)23-19/h1,7-10,15,22-23H,11H2,2-5H3. The zero-order chi connectivity index (χ0) is 22.6. The molecular formula is C21H22N2O6S. The number of hydrogen-bond donors (Lipinski definition) is 2. The van der Waals surface area contributed by atoms with E-state index in [0.29, 0.717) is 16.8 Å². The van der Waals surface area contributed by atoms with E-state index in [2.05, 4.69) is 15.6 Å². The zero-order valence-corrected chi connectivity index (χ0v) is 17.8. The second-order valence-corrected chi connectivity index (χ2v) is 8.41. The molecule has 1 atom stereocenters. The van der Waals surface area contributed by atoms with E-state index >= 15 is 0 Å². The maximum Gasteiger partial charge on any atom is 0.338 e. The molecule has 1 aromatic heterocycles. The van der Waals surface area contributed by atoms with Crippen molar-refractivity contribution in [2.45, 2.75) is 38.7 Å². The summed E-state index contributed by atoms with van der Waals surface area (Å²) in [4.78, 5) is 39.6. The van der Waals surface area contributed by atoms with Gasteiger partial charge in [0.05, 0.1) is 22.7 Å². The molecule has 0 saturated carbocycles. The van der Waals surface area contributed by atoms with Gasteiger partial charge < -0.3 is 9.72 Å². The van der Waals surface area contributed by atoms with E-state index < -0.39 is 27.9 Å². The lowest BCUT2D eigenvalue weighted by molar-refractivity contribution is 0.0317. The first-order chi connectivity index (χ1) is 14.0. The molecule has 0 aliphatic carbocycles.